The Hall–Kier alpha value is -0.600. The second-order valence-electron chi connectivity index (χ2n) is 4.43. The average molecular weight is 300 g/mol. The molecule has 0 saturated heterocycles. The first-order chi connectivity index (χ1) is 8.38. The van der Waals surface area contributed by atoms with Gasteiger partial charge in [0.05, 0.1) is 0 Å². The molecule has 116 valence electrons. The lowest BCUT2D eigenvalue weighted by Crippen LogP contribution is -2.37. The normalized spacial score (nSPS) is 14.2. The molecule has 0 aliphatic carbocycles. The summed E-state index contributed by atoms with van der Waals surface area (Å²) < 4.78 is 99.0. The van der Waals surface area contributed by atoms with Crippen molar-refractivity contribution >= 4 is 0 Å². The molecule has 0 fully saturated rings. The molecule has 0 amide bonds. The summed E-state index contributed by atoms with van der Waals surface area (Å²) in [6.45, 7) is 2.68. The predicted molar refractivity (Wildman–Crippen MR) is 53.4 cm³/mol. The number of halogens is 8. The molecule has 0 atom stereocenters. The van der Waals surface area contributed by atoms with Crippen molar-refractivity contribution in [2.75, 3.05) is 0 Å². The number of alkyl halides is 8. The lowest BCUT2D eigenvalue weighted by molar-refractivity contribution is -0.153. The third kappa shape index (κ3) is 6.40. The maximum Gasteiger partial charge on any atom is 0.306 e. The van der Waals surface area contributed by atoms with Gasteiger partial charge in [-0.1, -0.05) is 13.8 Å². The van der Waals surface area contributed by atoms with Crippen molar-refractivity contribution in [1.29, 1.82) is 0 Å². The number of nitrogens with zero attached hydrogens (tertiary/aromatic N) is 1. The van der Waals surface area contributed by atoms with Gasteiger partial charge in [0, 0.05) is 12.8 Å². The van der Waals surface area contributed by atoms with Gasteiger partial charge in [0.25, 0.3) is 0 Å². The molecular weight excluding hydrogens is 286 g/mol. The van der Waals surface area contributed by atoms with Gasteiger partial charge in [0.15, 0.2) is 0 Å². The van der Waals surface area contributed by atoms with E-state index < -0.39 is 49.6 Å². The molecule has 0 spiro atoms. The van der Waals surface area contributed by atoms with Crippen molar-refractivity contribution in [1.82, 2.24) is 0 Å². The minimum atomic E-state index is -4.54. The summed E-state index contributed by atoms with van der Waals surface area (Å²) in [7, 11) is 0. The third-order valence-corrected chi connectivity index (χ3v) is 2.16. The van der Waals surface area contributed by atoms with Crippen LogP contribution in [0.3, 0.4) is 0 Å². The second-order valence-corrected chi connectivity index (χ2v) is 4.43. The topological polar surface area (TPSA) is 14.1 Å². The van der Waals surface area contributed by atoms with Gasteiger partial charge in [0.1, 0.15) is 0 Å². The lowest BCUT2D eigenvalue weighted by atomic mass is 10.0. The molecule has 1 nitrogen and oxygen atoms in total. The third-order valence-electron chi connectivity index (χ3n) is 2.16. The Labute approximate surface area is 105 Å². The van der Waals surface area contributed by atoms with Crippen LogP contribution in [0.5, 0.6) is 0 Å². The fraction of sp³-hybridized carbons (Fsp3) is 1.00. The molecule has 19 heavy (non-hydrogen) atoms. The molecule has 0 aliphatic rings. The summed E-state index contributed by atoms with van der Waals surface area (Å²) in [5.41, 5.74) is 0. The SMILES string of the molecule is CC(C)[N-]C(CC(F)(F)C(F)F)CC(F)(F)C(F)F. The van der Waals surface area contributed by atoms with E-state index in [4.69, 9.17) is 0 Å². The van der Waals surface area contributed by atoms with Crippen molar-refractivity contribution in [3.05, 3.63) is 5.32 Å². The fourth-order valence-corrected chi connectivity index (χ4v) is 1.41. The van der Waals surface area contributed by atoms with Gasteiger partial charge in [0.2, 0.25) is 0 Å². The molecule has 0 bridgehead atoms. The summed E-state index contributed by atoms with van der Waals surface area (Å²) in [6.07, 6.45) is -11.5. The van der Waals surface area contributed by atoms with Crippen LogP contribution in [0.2, 0.25) is 0 Å². The highest BCUT2D eigenvalue weighted by Gasteiger charge is 2.45. The minimum Gasteiger partial charge on any atom is -0.657 e. The van der Waals surface area contributed by atoms with Crippen LogP contribution in [0.15, 0.2) is 0 Å². The van der Waals surface area contributed by atoms with Gasteiger partial charge in [-0.05, 0) is 0 Å². The van der Waals surface area contributed by atoms with Crippen molar-refractivity contribution in [3.8, 4) is 0 Å². The van der Waals surface area contributed by atoms with Crippen LogP contribution >= 0.6 is 0 Å². The molecule has 0 rings (SSSR count). The van der Waals surface area contributed by atoms with Gasteiger partial charge < -0.3 is 5.32 Å². The van der Waals surface area contributed by atoms with Crippen LogP contribution < -0.4 is 0 Å². The number of hydrogen-bond donors (Lipinski definition) is 0. The molecule has 9 heteroatoms. The van der Waals surface area contributed by atoms with Crippen molar-refractivity contribution in [2.45, 2.75) is 63.5 Å². The Morgan fingerprint density at radius 2 is 1.11 bits per heavy atom. The Morgan fingerprint density at radius 3 is 1.32 bits per heavy atom. The number of rotatable bonds is 8. The fourth-order valence-electron chi connectivity index (χ4n) is 1.41. The van der Waals surface area contributed by atoms with E-state index in [0.29, 0.717) is 0 Å². The molecule has 0 unspecified atom stereocenters. The van der Waals surface area contributed by atoms with E-state index in [1.54, 1.807) is 0 Å². The first kappa shape index (κ1) is 18.4. The first-order valence-electron chi connectivity index (χ1n) is 5.40. The van der Waals surface area contributed by atoms with E-state index in [1.165, 1.54) is 13.8 Å². The van der Waals surface area contributed by atoms with Crippen LogP contribution in [-0.4, -0.2) is 36.8 Å². The first-order valence-corrected chi connectivity index (χ1v) is 5.40. The monoisotopic (exact) mass is 300 g/mol. The zero-order valence-electron chi connectivity index (χ0n) is 10.2. The van der Waals surface area contributed by atoms with E-state index in [2.05, 4.69) is 5.32 Å². The maximum atomic E-state index is 12.8. The van der Waals surface area contributed by atoms with Crippen molar-refractivity contribution in [2.24, 2.45) is 0 Å². The summed E-state index contributed by atoms with van der Waals surface area (Å²) >= 11 is 0. The van der Waals surface area contributed by atoms with Crippen molar-refractivity contribution < 1.29 is 35.1 Å². The molecular formula is C10H14F8N-. The molecule has 0 saturated carbocycles. The largest absolute Gasteiger partial charge is 0.657 e. The molecule has 0 radical (unpaired) electrons. The Morgan fingerprint density at radius 1 is 0.789 bits per heavy atom. The van der Waals surface area contributed by atoms with Crippen molar-refractivity contribution in [3.63, 3.8) is 0 Å². The van der Waals surface area contributed by atoms with Crippen LogP contribution in [0, 0.1) is 0 Å². The van der Waals surface area contributed by atoms with E-state index in [0.717, 1.165) is 0 Å². The smallest absolute Gasteiger partial charge is 0.306 e. The Bertz CT molecular complexity index is 244. The van der Waals surface area contributed by atoms with Crippen LogP contribution in [-0.2, 0) is 0 Å². The minimum absolute atomic E-state index is 0.716. The van der Waals surface area contributed by atoms with Gasteiger partial charge in [-0.3, -0.25) is 0 Å². The van der Waals surface area contributed by atoms with Gasteiger partial charge >= 0.3 is 24.7 Å². The van der Waals surface area contributed by atoms with E-state index >= 15 is 0 Å². The Kier molecular flexibility index (Phi) is 6.50. The zero-order chi connectivity index (χ0) is 15.4. The lowest BCUT2D eigenvalue weighted by Gasteiger charge is -2.39. The van der Waals surface area contributed by atoms with Crippen LogP contribution in [0.1, 0.15) is 26.7 Å². The predicted octanol–water partition coefficient (Wildman–Crippen LogP) is 4.72. The molecule has 0 aromatic heterocycles. The molecule has 0 heterocycles. The summed E-state index contributed by atoms with van der Waals surface area (Å²) in [5.74, 6) is -9.08. The summed E-state index contributed by atoms with van der Waals surface area (Å²) in [5, 5.41) is 3.39. The van der Waals surface area contributed by atoms with Gasteiger partial charge in [-0.2, -0.15) is 0 Å². The highest BCUT2D eigenvalue weighted by molar-refractivity contribution is 5.00. The van der Waals surface area contributed by atoms with E-state index in [1.807, 2.05) is 0 Å². The standard InChI is InChI=1S/C10H14F8N/c1-5(2)19-6(3-9(15,16)7(11)12)4-10(17,18)8(13)14/h5-8H,3-4H2,1-2H3/q-1. The van der Waals surface area contributed by atoms with Crippen LogP contribution in [0.4, 0.5) is 35.1 Å². The van der Waals surface area contributed by atoms with Gasteiger partial charge in [-0.15, -0.1) is 12.1 Å². The summed E-state index contributed by atoms with van der Waals surface area (Å²) in [6, 6.07) is -2.68. The maximum absolute atomic E-state index is 12.8. The summed E-state index contributed by atoms with van der Waals surface area (Å²) in [4.78, 5) is 0. The zero-order valence-corrected chi connectivity index (χ0v) is 10.2. The number of hydrogen-bond acceptors (Lipinski definition) is 0. The second kappa shape index (κ2) is 6.71. The van der Waals surface area contributed by atoms with Crippen LogP contribution in [0.25, 0.3) is 5.32 Å². The Balaban J connectivity index is 4.83. The average Bonchev–Trinajstić information content (AvgIpc) is 2.13. The molecule has 0 aromatic rings. The molecule has 0 aromatic carbocycles. The molecule has 0 aliphatic heterocycles. The highest BCUT2D eigenvalue weighted by atomic mass is 19.3. The van der Waals surface area contributed by atoms with E-state index in [9.17, 15) is 35.1 Å². The quantitative estimate of drug-likeness (QED) is 0.576. The highest BCUT2D eigenvalue weighted by Crippen LogP contribution is 2.37. The van der Waals surface area contributed by atoms with Gasteiger partial charge in [-0.25, -0.2) is 35.1 Å². The van der Waals surface area contributed by atoms with E-state index in [-0.39, 0.29) is 0 Å². The molecule has 0 N–H and O–H groups in total.